The quantitative estimate of drug-likeness (QED) is 0.658. The van der Waals surface area contributed by atoms with E-state index in [2.05, 4.69) is 16.0 Å². The maximum Gasteiger partial charge on any atom is 0.238 e. The van der Waals surface area contributed by atoms with Crippen molar-refractivity contribution in [2.75, 3.05) is 25.0 Å². The number of halogens is 2. The van der Waals surface area contributed by atoms with Gasteiger partial charge in [-0.25, -0.2) is 8.78 Å². The van der Waals surface area contributed by atoms with Crippen molar-refractivity contribution in [3.05, 3.63) is 29.8 Å². The molecule has 0 unspecified atom stereocenters. The Morgan fingerprint density at radius 1 is 1.14 bits per heavy atom. The number of rotatable bonds is 7. The van der Waals surface area contributed by atoms with Crippen LogP contribution in [0.5, 0.6) is 0 Å². The summed E-state index contributed by atoms with van der Waals surface area (Å²) in [5.41, 5.74) is -0.452. The Balaban J connectivity index is 1.64. The van der Waals surface area contributed by atoms with Crippen LogP contribution in [-0.2, 0) is 9.59 Å². The first-order valence-corrected chi connectivity index (χ1v) is 6.80. The number of benzene rings is 1. The molecule has 0 heterocycles. The van der Waals surface area contributed by atoms with E-state index in [0.29, 0.717) is 13.1 Å². The van der Waals surface area contributed by atoms with E-state index >= 15 is 0 Å². The zero-order chi connectivity index (χ0) is 15.2. The predicted molar refractivity (Wildman–Crippen MR) is 73.6 cm³/mol. The van der Waals surface area contributed by atoms with E-state index in [9.17, 15) is 18.4 Å². The molecule has 1 aliphatic carbocycles. The highest BCUT2D eigenvalue weighted by atomic mass is 19.1. The van der Waals surface area contributed by atoms with Gasteiger partial charge < -0.3 is 16.0 Å². The molecule has 0 atom stereocenters. The summed E-state index contributed by atoms with van der Waals surface area (Å²) in [5.74, 6) is -2.00. The van der Waals surface area contributed by atoms with Gasteiger partial charge in [-0.15, -0.1) is 0 Å². The fraction of sp³-hybridized carbons (Fsp3) is 0.429. The molecule has 1 aromatic rings. The SMILES string of the molecule is O=C(CNCCNC(=O)C1CC1)Nc1c(F)cccc1F. The Hall–Kier alpha value is -2.02. The lowest BCUT2D eigenvalue weighted by Gasteiger charge is -2.09. The Morgan fingerprint density at radius 3 is 2.43 bits per heavy atom. The number of hydrogen-bond acceptors (Lipinski definition) is 3. The molecule has 5 nitrogen and oxygen atoms in total. The third kappa shape index (κ3) is 4.78. The first-order valence-electron chi connectivity index (χ1n) is 6.80. The smallest absolute Gasteiger partial charge is 0.238 e. The highest BCUT2D eigenvalue weighted by Gasteiger charge is 2.28. The average Bonchev–Trinajstić information content (AvgIpc) is 3.27. The number of carbonyl (C=O) groups is 2. The van der Waals surface area contributed by atoms with Crippen molar-refractivity contribution in [1.82, 2.24) is 10.6 Å². The normalized spacial score (nSPS) is 13.8. The molecular formula is C14H17F2N3O2. The van der Waals surface area contributed by atoms with Gasteiger partial charge in [0, 0.05) is 19.0 Å². The van der Waals surface area contributed by atoms with Crippen LogP contribution in [0.3, 0.4) is 0 Å². The van der Waals surface area contributed by atoms with Gasteiger partial charge in [0.25, 0.3) is 0 Å². The maximum absolute atomic E-state index is 13.3. The molecule has 0 radical (unpaired) electrons. The molecule has 1 saturated carbocycles. The molecule has 0 bridgehead atoms. The molecule has 7 heteroatoms. The van der Waals surface area contributed by atoms with Crippen molar-refractivity contribution < 1.29 is 18.4 Å². The van der Waals surface area contributed by atoms with E-state index in [1.807, 2.05) is 0 Å². The summed E-state index contributed by atoms with van der Waals surface area (Å²) in [5, 5.41) is 7.69. The third-order valence-corrected chi connectivity index (χ3v) is 3.06. The first-order chi connectivity index (χ1) is 10.1. The number of para-hydroxylation sites is 1. The van der Waals surface area contributed by atoms with Gasteiger partial charge in [-0.3, -0.25) is 9.59 Å². The van der Waals surface area contributed by atoms with Gasteiger partial charge in [0.15, 0.2) is 0 Å². The molecule has 3 N–H and O–H groups in total. The van der Waals surface area contributed by atoms with Crippen molar-refractivity contribution in [3.63, 3.8) is 0 Å². The van der Waals surface area contributed by atoms with Crippen LogP contribution >= 0.6 is 0 Å². The van der Waals surface area contributed by atoms with Crippen LogP contribution in [0.2, 0.25) is 0 Å². The van der Waals surface area contributed by atoms with Crippen LogP contribution in [0, 0.1) is 17.6 Å². The van der Waals surface area contributed by atoms with Crippen LogP contribution in [0.15, 0.2) is 18.2 Å². The monoisotopic (exact) mass is 297 g/mol. The molecular weight excluding hydrogens is 280 g/mol. The molecule has 1 aliphatic rings. The van der Waals surface area contributed by atoms with Gasteiger partial charge in [-0.2, -0.15) is 0 Å². The van der Waals surface area contributed by atoms with E-state index in [1.54, 1.807) is 0 Å². The fourth-order valence-corrected chi connectivity index (χ4v) is 1.77. The van der Waals surface area contributed by atoms with E-state index in [4.69, 9.17) is 0 Å². The van der Waals surface area contributed by atoms with Gasteiger partial charge in [0.1, 0.15) is 17.3 Å². The van der Waals surface area contributed by atoms with Crippen LogP contribution in [0.25, 0.3) is 0 Å². The second kappa shape index (κ2) is 7.12. The van der Waals surface area contributed by atoms with Crippen LogP contribution < -0.4 is 16.0 Å². The van der Waals surface area contributed by atoms with Crippen molar-refractivity contribution in [2.24, 2.45) is 5.92 Å². The van der Waals surface area contributed by atoms with E-state index in [1.165, 1.54) is 6.07 Å². The molecule has 1 aromatic carbocycles. The van der Waals surface area contributed by atoms with Crippen LogP contribution in [0.1, 0.15) is 12.8 Å². The van der Waals surface area contributed by atoms with Crippen LogP contribution in [-0.4, -0.2) is 31.4 Å². The van der Waals surface area contributed by atoms with Crippen molar-refractivity contribution in [1.29, 1.82) is 0 Å². The van der Waals surface area contributed by atoms with Crippen molar-refractivity contribution in [2.45, 2.75) is 12.8 Å². The lowest BCUT2D eigenvalue weighted by atomic mass is 10.3. The van der Waals surface area contributed by atoms with Gasteiger partial charge in [-0.1, -0.05) is 6.07 Å². The number of carbonyl (C=O) groups excluding carboxylic acids is 2. The maximum atomic E-state index is 13.3. The average molecular weight is 297 g/mol. The topological polar surface area (TPSA) is 70.2 Å². The summed E-state index contributed by atoms with van der Waals surface area (Å²) in [6, 6.07) is 3.36. The fourth-order valence-electron chi connectivity index (χ4n) is 1.77. The Labute approximate surface area is 121 Å². The minimum absolute atomic E-state index is 0.0367. The molecule has 2 amide bonds. The summed E-state index contributed by atoms with van der Waals surface area (Å²) >= 11 is 0. The molecule has 114 valence electrons. The first kappa shape index (κ1) is 15.4. The summed E-state index contributed by atoms with van der Waals surface area (Å²) in [6.07, 6.45) is 1.88. The molecule has 0 spiro atoms. The van der Waals surface area contributed by atoms with Crippen LogP contribution in [0.4, 0.5) is 14.5 Å². The van der Waals surface area contributed by atoms with E-state index in [0.717, 1.165) is 25.0 Å². The lowest BCUT2D eigenvalue weighted by molar-refractivity contribution is -0.122. The summed E-state index contributed by atoms with van der Waals surface area (Å²) < 4.78 is 26.6. The predicted octanol–water partition coefficient (Wildman–Crippen LogP) is 1.02. The lowest BCUT2D eigenvalue weighted by Crippen LogP contribution is -2.36. The molecule has 0 aromatic heterocycles. The molecule has 1 fully saturated rings. The second-order valence-corrected chi connectivity index (χ2v) is 4.89. The largest absolute Gasteiger partial charge is 0.355 e. The summed E-state index contributed by atoms with van der Waals surface area (Å²) in [4.78, 5) is 22.9. The van der Waals surface area contributed by atoms with E-state index in [-0.39, 0.29) is 18.4 Å². The third-order valence-electron chi connectivity index (χ3n) is 3.06. The Bertz CT molecular complexity index is 513. The number of hydrogen-bond donors (Lipinski definition) is 3. The van der Waals surface area contributed by atoms with Crippen molar-refractivity contribution >= 4 is 17.5 Å². The minimum Gasteiger partial charge on any atom is -0.355 e. The molecule has 21 heavy (non-hydrogen) atoms. The highest BCUT2D eigenvalue weighted by Crippen LogP contribution is 2.28. The summed E-state index contributed by atoms with van der Waals surface area (Å²) in [6.45, 7) is 0.732. The van der Waals surface area contributed by atoms with Gasteiger partial charge in [0.05, 0.1) is 6.54 Å². The van der Waals surface area contributed by atoms with Gasteiger partial charge in [-0.05, 0) is 25.0 Å². The number of amides is 2. The number of anilines is 1. The summed E-state index contributed by atoms with van der Waals surface area (Å²) in [7, 11) is 0. The Morgan fingerprint density at radius 2 is 1.81 bits per heavy atom. The molecule has 0 saturated heterocycles. The van der Waals surface area contributed by atoms with Crippen molar-refractivity contribution in [3.8, 4) is 0 Å². The van der Waals surface area contributed by atoms with Gasteiger partial charge in [0.2, 0.25) is 11.8 Å². The van der Waals surface area contributed by atoms with E-state index < -0.39 is 23.2 Å². The number of nitrogens with one attached hydrogen (secondary N) is 3. The highest BCUT2D eigenvalue weighted by molar-refractivity contribution is 5.92. The molecule has 0 aliphatic heterocycles. The Kier molecular flexibility index (Phi) is 5.21. The minimum atomic E-state index is -0.819. The standard InChI is InChI=1S/C14H17F2N3O2/c15-10-2-1-3-11(16)13(10)19-12(20)8-17-6-7-18-14(21)9-4-5-9/h1-3,9,17H,4-8H2,(H,18,21)(H,19,20). The zero-order valence-corrected chi connectivity index (χ0v) is 11.4. The zero-order valence-electron chi connectivity index (χ0n) is 11.4. The second-order valence-electron chi connectivity index (χ2n) is 4.89. The molecule has 2 rings (SSSR count). The van der Waals surface area contributed by atoms with Gasteiger partial charge >= 0.3 is 0 Å².